The highest BCUT2D eigenvalue weighted by Gasteiger charge is 2.30. The summed E-state index contributed by atoms with van der Waals surface area (Å²) in [6.07, 6.45) is -6.92. The third kappa shape index (κ3) is 4.64. The molecule has 4 nitrogen and oxygen atoms in total. The lowest BCUT2D eigenvalue weighted by molar-refractivity contribution is -0.137. The molecule has 1 aromatic carbocycles. The van der Waals surface area contributed by atoms with E-state index >= 15 is 0 Å². The van der Waals surface area contributed by atoms with Crippen molar-refractivity contribution in [2.45, 2.75) is 38.4 Å². The van der Waals surface area contributed by atoms with Crippen LogP contribution in [0.4, 0.5) is 28.0 Å². The molecule has 0 spiro atoms. The Morgan fingerprint density at radius 3 is 2.17 bits per heavy atom. The van der Waals surface area contributed by atoms with E-state index < -0.39 is 29.6 Å². The van der Waals surface area contributed by atoms with Crippen molar-refractivity contribution in [3.05, 3.63) is 41.3 Å². The van der Waals surface area contributed by atoms with E-state index in [1.165, 1.54) is 12.1 Å². The highest BCUT2D eigenvalue weighted by molar-refractivity contribution is 5.29. The Morgan fingerprint density at radius 2 is 1.70 bits per heavy atom. The van der Waals surface area contributed by atoms with Crippen LogP contribution in [-0.4, -0.2) is 15.7 Å². The standard InChI is InChI=1S/C14H14F5N3O/c1-13(2,20-12-22-21-11(23-12)10(15)16)7-8-3-5-9(6-4-8)14(17,18)19/h3-6,10H,7H2,1-2H3,(H,20,22). The molecule has 0 aliphatic carbocycles. The number of nitrogens with zero attached hydrogens (tertiary/aromatic N) is 2. The van der Waals surface area contributed by atoms with Gasteiger partial charge >= 0.3 is 18.6 Å². The van der Waals surface area contributed by atoms with Gasteiger partial charge in [0.1, 0.15) is 0 Å². The second kappa shape index (κ2) is 6.13. The molecule has 0 saturated heterocycles. The molecule has 0 fully saturated rings. The topological polar surface area (TPSA) is 51.0 Å². The Balaban J connectivity index is 2.05. The van der Waals surface area contributed by atoms with Crippen molar-refractivity contribution in [3.8, 4) is 0 Å². The van der Waals surface area contributed by atoms with Crippen molar-refractivity contribution >= 4 is 6.01 Å². The van der Waals surface area contributed by atoms with E-state index in [9.17, 15) is 22.0 Å². The second-order valence-corrected chi connectivity index (χ2v) is 5.63. The van der Waals surface area contributed by atoms with Crippen LogP contribution in [0.1, 0.15) is 37.3 Å². The zero-order valence-corrected chi connectivity index (χ0v) is 12.3. The Bertz CT molecular complexity index is 649. The van der Waals surface area contributed by atoms with Crippen LogP contribution in [0.3, 0.4) is 0 Å². The van der Waals surface area contributed by atoms with E-state index in [0.29, 0.717) is 12.0 Å². The Labute approximate surface area is 128 Å². The first-order valence-corrected chi connectivity index (χ1v) is 6.63. The third-order valence-electron chi connectivity index (χ3n) is 3.00. The maximum Gasteiger partial charge on any atom is 0.416 e. The van der Waals surface area contributed by atoms with Crippen LogP contribution < -0.4 is 5.32 Å². The molecule has 1 N–H and O–H groups in total. The lowest BCUT2D eigenvalue weighted by Gasteiger charge is -2.25. The molecule has 0 atom stereocenters. The van der Waals surface area contributed by atoms with E-state index in [-0.39, 0.29) is 6.01 Å². The Hall–Kier alpha value is -2.19. The average Bonchev–Trinajstić information content (AvgIpc) is 2.85. The summed E-state index contributed by atoms with van der Waals surface area (Å²) in [7, 11) is 0. The molecule has 9 heteroatoms. The van der Waals surface area contributed by atoms with Crippen molar-refractivity contribution in [1.82, 2.24) is 10.2 Å². The SMILES string of the molecule is CC(C)(Cc1ccc(C(F)(F)F)cc1)Nc1nnc(C(F)F)o1. The molecule has 126 valence electrons. The summed E-state index contributed by atoms with van der Waals surface area (Å²) in [4.78, 5) is 0. The van der Waals surface area contributed by atoms with Crippen LogP contribution in [-0.2, 0) is 12.6 Å². The number of nitrogens with one attached hydrogen (secondary N) is 1. The van der Waals surface area contributed by atoms with E-state index in [1.54, 1.807) is 13.8 Å². The fourth-order valence-corrected chi connectivity index (χ4v) is 2.03. The molecule has 1 heterocycles. The van der Waals surface area contributed by atoms with Crippen LogP contribution in [0.15, 0.2) is 28.7 Å². The van der Waals surface area contributed by atoms with Gasteiger partial charge in [0.25, 0.3) is 5.89 Å². The van der Waals surface area contributed by atoms with Crippen molar-refractivity contribution in [1.29, 1.82) is 0 Å². The van der Waals surface area contributed by atoms with Crippen LogP contribution in [0.25, 0.3) is 0 Å². The second-order valence-electron chi connectivity index (χ2n) is 5.63. The maximum atomic E-state index is 12.5. The molecule has 23 heavy (non-hydrogen) atoms. The average molecular weight is 335 g/mol. The Morgan fingerprint density at radius 1 is 1.09 bits per heavy atom. The van der Waals surface area contributed by atoms with Gasteiger partial charge < -0.3 is 9.73 Å². The highest BCUT2D eigenvalue weighted by atomic mass is 19.4. The molecule has 0 saturated carbocycles. The normalized spacial score (nSPS) is 12.7. The smallest absolute Gasteiger partial charge is 0.402 e. The lowest BCUT2D eigenvalue weighted by Crippen LogP contribution is -2.33. The maximum absolute atomic E-state index is 12.5. The minimum atomic E-state index is -4.39. The molecule has 2 aromatic rings. The van der Waals surface area contributed by atoms with Gasteiger partial charge in [-0.25, -0.2) is 0 Å². The number of rotatable bonds is 5. The molecular weight excluding hydrogens is 321 g/mol. The summed E-state index contributed by atoms with van der Waals surface area (Å²) in [6.45, 7) is 3.47. The number of benzene rings is 1. The highest BCUT2D eigenvalue weighted by Crippen LogP contribution is 2.30. The van der Waals surface area contributed by atoms with E-state index in [2.05, 4.69) is 15.5 Å². The van der Waals surface area contributed by atoms with E-state index in [0.717, 1.165) is 12.1 Å². The summed E-state index contributed by atoms with van der Waals surface area (Å²) in [6, 6.07) is 4.55. The van der Waals surface area contributed by atoms with Gasteiger partial charge in [-0.3, -0.25) is 0 Å². The van der Waals surface area contributed by atoms with E-state index in [4.69, 9.17) is 4.42 Å². The minimum absolute atomic E-state index is 0.169. The van der Waals surface area contributed by atoms with Gasteiger partial charge in [-0.2, -0.15) is 22.0 Å². The summed E-state index contributed by atoms with van der Waals surface area (Å²) in [5.74, 6) is -0.794. The fourth-order valence-electron chi connectivity index (χ4n) is 2.03. The Kier molecular flexibility index (Phi) is 4.58. The fraction of sp³-hybridized carbons (Fsp3) is 0.429. The number of halogens is 5. The zero-order chi connectivity index (χ0) is 17.3. The number of anilines is 1. The molecule has 0 aliphatic heterocycles. The summed E-state index contributed by atoms with van der Waals surface area (Å²) < 4.78 is 67.0. The summed E-state index contributed by atoms with van der Waals surface area (Å²) in [5.41, 5.74) is -0.777. The number of hydrogen-bond acceptors (Lipinski definition) is 4. The van der Waals surface area contributed by atoms with Crippen LogP contribution in [0, 0.1) is 0 Å². The molecule has 0 aliphatic rings. The first-order chi connectivity index (χ1) is 10.6. The number of aromatic nitrogens is 2. The third-order valence-corrected chi connectivity index (χ3v) is 3.00. The van der Waals surface area contributed by atoms with Crippen molar-refractivity contribution in [2.24, 2.45) is 0 Å². The van der Waals surface area contributed by atoms with Crippen LogP contribution >= 0.6 is 0 Å². The first kappa shape index (κ1) is 17.2. The zero-order valence-electron chi connectivity index (χ0n) is 12.3. The largest absolute Gasteiger partial charge is 0.416 e. The van der Waals surface area contributed by atoms with Gasteiger partial charge in [0.2, 0.25) is 0 Å². The number of alkyl halides is 5. The monoisotopic (exact) mass is 335 g/mol. The summed E-state index contributed by atoms with van der Waals surface area (Å²) in [5, 5.41) is 9.44. The van der Waals surface area contributed by atoms with Gasteiger partial charge in [-0.05, 0) is 38.0 Å². The molecule has 0 bridgehead atoms. The predicted octanol–water partition coefficient (Wildman–Crippen LogP) is 4.46. The van der Waals surface area contributed by atoms with Crippen LogP contribution in [0.5, 0.6) is 0 Å². The number of hydrogen-bond donors (Lipinski definition) is 1. The van der Waals surface area contributed by atoms with E-state index in [1.807, 2.05) is 0 Å². The predicted molar refractivity (Wildman–Crippen MR) is 72.1 cm³/mol. The van der Waals surface area contributed by atoms with Crippen molar-refractivity contribution in [3.63, 3.8) is 0 Å². The van der Waals surface area contributed by atoms with Gasteiger partial charge in [0.05, 0.1) is 5.56 Å². The molecule has 0 amide bonds. The molecule has 0 unspecified atom stereocenters. The summed E-state index contributed by atoms with van der Waals surface area (Å²) >= 11 is 0. The first-order valence-electron chi connectivity index (χ1n) is 6.63. The lowest BCUT2D eigenvalue weighted by atomic mass is 9.94. The molecule has 0 radical (unpaired) electrons. The molecule has 2 rings (SSSR count). The van der Waals surface area contributed by atoms with Crippen LogP contribution in [0.2, 0.25) is 0 Å². The molecule has 1 aromatic heterocycles. The minimum Gasteiger partial charge on any atom is -0.402 e. The van der Waals surface area contributed by atoms with Crippen molar-refractivity contribution in [2.75, 3.05) is 5.32 Å². The van der Waals surface area contributed by atoms with Gasteiger partial charge in [-0.15, -0.1) is 5.10 Å². The van der Waals surface area contributed by atoms with Gasteiger partial charge in [-0.1, -0.05) is 17.2 Å². The quantitative estimate of drug-likeness (QED) is 0.820. The molecular formula is C14H14F5N3O. The van der Waals surface area contributed by atoms with Gasteiger partial charge in [0, 0.05) is 5.54 Å². The van der Waals surface area contributed by atoms with Crippen molar-refractivity contribution < 1.29 is 26.4 Å². The van der Waals surface area contributed by atoms with Gasteiger partial charge in [0.15, 0.2) is 0 Å².